The lowest BCUT2D eigenvalue weighted by Gasteiger charge is -2.22. The van der Waals surface area contributed by atoms with Crippen LogP contribution in [0.25, 0.3) is 16.7 Å². The number of hydrogen-bond donors (Lipinski definition) is 4. The molecule has 0 fully saturated rings. The van der Waals surface area contributed by atoms with E-state index >= 15 is 0 Å². The highest BCUT2D eigenvalue weighted by atomic mass is 35.5. The Bertz CT molecular complexity index is 1800. The van der Waals surface area contributed by atoms with Crippen LogP contribution in [0.3, 0.4) is 0 Å². The van der Waals surface area contributed by atoms with Gasteiger partial charge in [0.1, 0.15) is 5.75 Å². The average molecular weight is 724 g/mol. The summed E-state index contributed by atoms with van der Waals surface area (Å²) in [5, 5.41) is 21.0. The predicted octanol–water partition coefficient (Wildman–Crippen LogP) is 7.59. The fourth-order valence-electron chi connectivity index (χ4n) is 5.92. The van der Waals surface area contributed by atoms with Crippen LogP contribution in [-0.4, -0.2) is 54.5 Å². The van der Waals surface area contributed by atoms with Gasteiger partial charge in [-0.2, -0.15) is 5.10 Å². The van der Waals surface area contributed by atoms with Crippen LogP contribution in [0.15, 0.2) is 48.5 Å². The third kappa shape index (κ3) is 10.3. The number of rotatable bonds is 15. The molecule has 1 amide bonds. The van der Waals surface area contributed by atoms with Crippen molar-refractivity contribution in [3.05, 3.63) is 97.8 Å². The monoisotopic (exact) mass is 722 g/mol. The molecule has 4 rings (SSSR count). The number of hydrazine groups is 1. The van der Waals surface area contributed by atoms with Gasteiger partial charge in [0.2, 0.25) is 6.41 Å². The van der Waals surface area contributed by atoms with Crippen LogP contribution in [0.2, 0.25) is 10.0 Å². The number of aryl methyl sites for hydroxylation is 5. The first-order chi connectivity index (χ1) is 23.8. The topological polar surface area (TPSA) is 135 Å². The second-order valence-electron chi connectivity index (χ2n) is 12.1. The first-order valence-electron chi connectivity index (χ1n) is 16.3. The second kappa shape index (κ2) is 19.0. The highest BCUT2D eigenvalue weighted by Crippen LogP contribution is 2.43. The van der Waals surface area contributed by atoms with E-state index in [0.29, 0.717) is 37.5 Å². The van der Waals surface area contributed by atoms with Crippen molar-refractivity contribution in [2.45, 2.75) is 53.9 Å². The molecule has 1 heterocycles. The zero-order valence-corrected chi connectivity index (χ0v) is 31.4. The SMILES string of the molecule is Cc1ccc(C/C=C(\CCCOc2cc(C)c(Cl)c(C)c2)c2ccc(Cl)c(-c3c(C)nn(C)c3C)c2NCCNC=O)c(N(C)N)c1.O=CO. The summed E-state index contributed by atoms with van der Waals surface area (Å²) in [6.45, 7) is 11.4. The molecule has 0 saturated heterocycles. The number of amides is 1. The number of carbonyl (C=O) groups is 2. The van der Waals surface area contributed by atoms with Gasteiger partial charge in [-0.25, -0.2) is 5.84 Å². The van der Waals surface area contributed by atoms with E-state index in [2.05, 4.69) is 53.0 Å². The molecule has 0 radical (unpaired) electrons. The zero-order valence-electron chi connectivity index (χ0n) is 29.9. The zero-order chi connectivity index (χ0) is 37.0. The van der Waals surface area contributed by atoms with Crippen molar-refractivity contribution in [1.29, 1.82) is 0 Å². The number of hydrogen-bond acceptors (Lipinski definition) is 7. The van der Waals surface area contributed by atoms with E-state index in [0.717, 1.165) is 90.9 Å². The fraction of sp³-hybridized carbons (Fsp3) is 0.342. The summed E-state index contributed by atoms with van der Waals surface area (Å²) in [4.78, 5) is 19.4. The molecule has 10 nitrogen and oxygen atoms in total. The fourth-order valence-corrected chi connectivity index (χ4v) is 6.28. The number of carbonyl (C=O) groups excluding carboxylic acids is 1. The van der Waals surface area contributed by atoms with E-state index in [-0.39, 0.29) is 6.47 Å². The van der Waals surface area contributed by atoms with E-state index < -0.39 is 0 Å². The maximum atomic E-state index is 11.0. The molecule has 0 aliphatic rings. The maximum Gasteiger partial charge on any atom is 0.290 e. The quantitative estimate of drug-likeness (QED) is 0.0427. The first-order valence-corrected chi connectivity index (χ1v) is 17.1. The Balaban J connectivity index is 0.00000217. The molecule has 0 bridgehead atoms. The summed E-state index contributed by atoms with van der Waals surface area (Å²) in [5.41, 5.74) is 12.1. The predicted molar refractivity (Wildman–Crippen MR) is 205 cm³/mol. The molecule has 12 heteroatoms. The number of halogens is 2. The van der Waals surface area contributed by atoms with Crippen molar-refractivity contribution in [3.63, 3.8) is 0 Å². The lowest BCUT2D eigenvalue weighted by molar-refractivity contribution is -0.122. The van der Waals surface area contributed by atoms with E-state index in [1.54, 1.807) is 5.01 Å². The Hall–Kier alpha value is -4.51. The van der Waals surface area contributed by atoms with Crippen LogP contribution in [0.5, 0.6) is 5.75 Å². The van der Waals surface area contributed by atoms with E-state index in [1.807, 2.05) is 64.7 Å². The van der Waals surface area contributed by atoms with Crippen molar-refractivity contribution < 1.29 is 19.4 Å². The smallest absolute Gasteiger partial charge is 0.290 e. The Morgan fingerprint density at radius 3 is 2.30 bits per heavy atom. The van der Waals surface area contributed by atoms with Crippen molar-refractivity contribution in [1.82, 2.24) is 15.1 Å². The molecule has 0 saturated carbocycles. The van der Waals surface area contributed by atoms with E-state index in [4.69, 9.17) is 43.7 Å². The normalized spacial score (nSPS) is 11.0. The van der Waals surface area contributed by atoms with Gasteiger partial charge in [-0.05, 0) is 106 Å². The summed E-state index contributed by atoms with van der Waals surface area (Å²) in [6.07, 6.45) is 5.19. The van der Waals surface area contributed by atoms with Crippen LogP contribution < -0.4 is 26.2 Å². The van der Waals surface area contributed by atoms with Crippen molar-refractivity contribution in [2.24, 2.45) is 12.9 Å². The molecule has 268 valence electrons. The Morgan fingerprint density at radius 1 is 1.02 bits per heavy atom. The third-order valence-corrected chi connectivity index (χ3v) is 9.28. The number of nitrogens with two attached hydrogens (primary N) is 1. The minimum absolute atomic E-state index is 0.250. The molecule has 1 aromatic heterocycles. The molecular formula is C38H48Cl2N6O4. The van der Waals surface area contributed by atoms with Gasteiger partial charge in [0.05, 0.1) is 28.7 Å². The number of benzene rings is 3. The van der Waals surface area contributed by atoms with Crippen molar-refractivity contribution in [2.75, 3.05) is 37.1 Å². The molecule has 0 aliphatic heterocycles. The van der Waals surface area contributed by atoms with Crippen LogP contribution in [0, 0.1) is 34.6 Å². The maximum absolute atomic E-state index is 11.0. The minimum Gasteiger partial charge on any atom is -0.494 e. The standard InChI is InChI=1S/C37H46Cl2N6O2.CH2O2/c1-23-10-11-29(33(19-23)44(6)40)13-12-28(9-8-18-47-30-20-24(2)36(39)25(3)21-30)31-14-15-32(38)35(37(31)42-17-16-41-22-46)34-26(4)43-45(7)27(34)5;2-1-3/h10-12,14-15,19-22,42H,8-9,13,16-18,40H2,1-7H3,(H,41,46);1H,(H,2,3)/b28-12+;. The number of carboxylic acid groups (broad SMARTS) is 1. The van der Waals surface area contributed by atoms with Gasteiger partial charge in [-0.15, -0.1) is 0 Å². The van der Waals surface area contributed by atoms with Gasteiger partial charge in [-0.1, -0.05) is 47.5 Å². The third-order valence-electron chi connectivity index (χ3n) is 8.37. The van der Waals surface area contributed by atoms with Gasteiger partial charge in [0, 0.05) is 54.6 Å². The number of aromatic nitrogens is 2. The Labute approximate surface area is 305 Å². The van der Waals surface area contributed by atoms with Gasteiger partial charge >= 0.3 is 0 Å². The van der Waals surface area contributed by atoms with Crippen LogP contribution in [0.4, 0.5) is 11.4 Å². The van der Waals surface area contributed by atoms with Gasteiger partial charge in [0.15, 0.2) is 0 Å². The molecular weight excluding hydrogens is 675 g/mol. The lowest BCUT2D eigenvalue weighted by Crippen LogP contribution is -2.26. The number of ether oxygens (including phenoxy) is 1. The van der Waals surface area contributed by atoms with Crippen molar-refractivity contribution >= 4 is 53.0 Å². The summed E-state index contributed by atoms with van der Waals surface area (Å²) in [7, 11) is 3.80. The van der Waals surface area contributed by atoms with Gasteiger partial charge in [0.25, 0.3) is 6.47 Å². The van der Waals surface area contributed by atoms with E-state index in [9.17, 15) is 4.79 Å². The Morgan fingerprint density at radius 2 is 1.70 bits per heavy atom. The van der Waals surface area contributed by atoms with Crippen molar-refractivity contribution in [3.8, 4) is 16.9 Å². The molecule has 4 aromatic rings. The Kier molecular flexibility index (Phi) is 15.2. The van der Waals surface area contributed by atoms with Crippen LogP contribution in [0.1, 0.15) is 52.0 Å². The average Bonchev–Trinajstić information content (AvgIpc) is 3.32. The van der Waals surface area contributed by atoms with Crippen LogP contribution in [-0.2, 0) is 23.1 Å². The molecule has 0 spiro atoms. The highest BCUT2D eigenvalue weighted by molar-refractivity contribution is 6.34. The second-order valence-corrected chi connectivity index (χ2v) is 12.9. The van der Waals surface area contributed by atoms with Gasteiger partial charge < -0.3 is 25.5 Å². The highest BCUT2D eigenvalue weighted by Gasteiger charge is 2.22. The summed E-state index contributed by atoms with van der Waals surface area (Å²) >= 11 is 13.4. The molecule has 0 unspecified atom stereocenters. The largest absolute Gasteiger partial charge is 0.494 e. The minimum atomic E-state index is -0.250. The molecule has 0 aliphatic carbocycles. The number of allylic oxidation sites excluding steroid dienone is 2. The van der Waals surface area contributed by atoms with Crippen LogP contribution >= 0.6 is 23.2 Å². The van der Waals surface area contributed by atoms with Gasteiger partial charge in [-0.3, -0.25) is 14.3 Å². The molecule has 5 N–H and O–H groups in total. The summed E-state index contributed by atoms with van der Waals surface area (Å²) < 4.78 is 8.08. The molecule has 0 atom stereocenters. The number of nitrogens with one attached hydrogen (secondary N) is 2. The number of nitrogens with zero attached hydrogens (tertiary/aromatic N) is 3. The summed E-state index contributed by atoms with van der Waals surface area (Å²) in [6, 6.07) is 14.3. The molecule has 3 aromatic carbocycles. The molecule has 50 heavy (non-hydrogen) atoms. The summed E-state index contributed by atoms with van der Waals surface area (Å²) in [5.74, 6) is 7.06. The van der Waals surface area contributed by atoms with E-state index in [1.165, 1.54) is 0 Å². The lowest BCUT2D eigenvalue weighted by atomic mass is 9.91. The number of anilines is 2. The first kappa shape index (κ1) is 39.9.